The van der Waals surface area contributed by atoms with Gasteiger partial charge >= 0.3 is 0 Å². The van der Waals surface area contributed by atoms with Gasteiger partial charge in [-0.15, -0.1) is 0 Å². The van der Waals surface area contributed by atoms with Crippen LogP contribution in [0.1, 0.15) is 45.4 Å². The van der Waals surface area contributed by atoms with E-state index in [0.717, 1.165) is 16.4 Å². The summed E-state index contributed by atoms with van der Waals surface area (Å²) in [7, 11) is 0. The maximum Gasteiger partial charge on any atom is 0.247 e. The number of carbonyl (C=O) groups is 3. The predicted octanol–water partition coefficient (Wildman–Crippen LogP) is 2.20. The average Bonchev–Trinajstić information content (AvgIpc) is 3.62. The molecule has 0 radical (unpaired) electrons. The van der Waals surface area contributed by atoms with Crippen LogP contribution in [0.15, 0.2) is 35.9 Å². The summed E-state index contributed by atoms with van der Waals surface area (Å²) in [6.07, 6.45) is 3.03. The molecule has 0 spiro atoms. The molecule has 1 saturated carbocycles. The molecule has 2 amide bonds. The molecule has 0 aliphatic heterocycles. The molecule has 3 rings (SSSR count). The number of rotatable bonds is 12. The number of para-hydroxylation sites is 1. The van der Waals surface area contributed by atoms with Gasteiger partial charge in [-0.05, 0) is 72.9 Å². The summed E-state index contributed by atoms with van der Waals surface area (Å²) in [5, 5.41) is 23.1. The summed E-state index contributed by atoms with van der Waals surface area (Å²) < 4.78 is 7.00. The van der Waals surface area contributed by atoms with Crippen LogP contribution in [0.2, 0.25) is 0 Å². The Morgan fingerprint density at radius 1 is 1.21 bits per heavy atom. The summed E-state index contributed by atoms with van der Waals surface area (Å²) in [5.41, 5.74) is 0.414. The number of Topliss-reactive ketones (excluding diaryl/α,β-unsaturated/α-hetero) is 1. The van der Waals surface area contributed by atoms with Crippen LogP contribution < -0.4 is 10.1 Å². The number of amides is 2. The molecule has 3 atom stereocenters. The molecule has 1 fully saturated rings. The van der Waals surface area contributed by atoms with E-state index in [1.54, 1.807) is 17.0 Å². The summed E-state index contributed by atoms with van der Waals surface area (Å²) in [6, 6.07) is 6.78. The lowest BCUT2D eigenvalue weighted by Crippen LogP contribution is -2.55. The van der Waals surface area contributed by atoms with Gasteiger partial charge in [0.05, 0.1) is 16.2 Å². The summed E-state index contributed by atoms with van der Waals surface area (Å²) in [6.45, 7) is 1.95. The molecular weight excluding hydrogens is 551 g/mol. The highest BCUT2D eigenvalue weighted by molar-refractivity contribution is 14.1. The first kappa shape index (κ1) is 26.6. The van der Waals surface area contributed by atoms with E-state index in [1.165, 1.54) is 6.92 Å². The second-order valence-corrected chi connectivity index (χ2v) is 10.2. The van der Waals surface area contributed by atoms with Crippen molar-refractivity contribution in [3.8, 4) is 5.75 Å². The minimum atomic E-state index is -1.03. The van der Waals surface area contributed by atoms with Crippen LogP contribution in [-0.2, 0) is 14.4 Å². The molecule has 34 heavy (non-hydrogen) atoms. The van der Waals surface area contributed by atoms with Gasteiger partial charge in [-0.2, -0.15) is 0 Å². The SMILES string of the molecule is CC(=O)CCCC(=O)N(CC1CC1)[C@@H]1CC(C(=O)NCCO)=C[C@H](Oc2ccccc2I)[C@H]1O. The smallest absolute Gasteiger partial charge is 0.247 e. The molecule has 2 aliphatic carbocycles. The maximum atomic E-state index is 13.2. The van der Waals surface area contributed by atoms with Crippen molar-refractivity contribution >= 4 is 40.2 Å². The Morgan fingerprint density at radius 3 is 2.59 bits per heavy atom. The van der Waals surface area contributed by atoms with Crippen molar-refractivity contribution in [1.29, 1.82) is 0 Å². The molecule has 0 aromatic heterocycles. The van der Waals surface area contributed by atoms with Gasteiger partial charge in [0, 0.05) is 37.9 Å². The van der Waals surface area contributed by atoms with Gasteiger partial charge < -0.3 is 30.0 Å². The van der Waals surface area contributed by atoms with Gasteiger partial charge in [0.25, 0.3) is 0 Å². The van der Waals surface area contributed by atoms with Crippen LogP contribution in [0.5, 0.6) is 5.75 Å². The minimum absolute atomic E-state index is 0.0379. The number of aliphatic hydroxyl groups is 2. The number of hydrogen-bond donors (Lipinski definition) is 3. The van der Waals surface area contributed by atoms with Crippen LogP contribution in [0.3, 0.4) is 0 Å². The third kappa shape index (κ3) is 7.51. The van der Waals surface area contributed by atoms with Crippen molar-refractivity contribution in [3.05, 3.63) is 39.5 Å². The number of hydrogen-bond acceptors (Lipinski definition) is 6. The number of nitrogens with one attached hydrogen (secondary N) is 1. The number of aliphatic hydroxyl groups excluding tert-OH is 2. The molecule has 2 aliphatic rings. The zero-order chi connectivity index (χ0) is 24.7. The molecule has 186 valence electrons. The molecule has 1 aromatic carbocycles. The van der Waals surface area contributed by atoms with Gasteiger partial charge in [-0.3, -0.25) is 9.59 Å². The summed E-state index contributed by atoms with van der Waals surface area (Å²) in [5.74, 6) is 0.535. The van der Waals surface area contributed by atoms with Crippen LogP contribution >= 0.6 is 22.6 Å². The van der Waals surface area contributed by atoms with Gasteiger partial charge in [0.1, 0.15) is 23.7 Å². The highest BCUT2D eigenvalue weighted by Gasteiger charge is 2.42. The highest BCUT2D eigenvalue weighted by atomic mass is 127. The summed E-state index contributed by atoms with van der Waals surface area (Å²) in [4.78, 5) is 39.0. The lowest BCUT2D eigenvalue weighted by atomic mass is 9.87. The van der Waals surface area contributed by atoms with E-state index in [-0.39, 0.29) is 43.6 Å². The van der Waals surface area contributed by atoms with Crippen molar-refractivity contribution < 1.29 is 29.3 Å². The first-order valence-corrected chi connectivity index (χ1v) is 12.9. The van der Waals surface area contributed by atoms with E-state index < -0.39 is 18.2 Å². The Balaban J connectivity index is 1.86. The van der Waals surface area contributed by atoms with Gasteiger partial charge in [-0.1, -0.05) is 12.1 Å². The van der Waals surface area contributed by atoms with Crippen molar-refractivity contribution in [2.75, 3.05) is 19.7 Å². The Morgan fingerprint density at radius 2 is 1.94 bits per heavy atom. The monoisotopic (exact) mass is 584 g/mol. The van der Waals surface area contributed by atoms with Gasteiger partial charge in [0.2, 0.25) is 11.8 Å². The zero-order valence-electron chi connectivity index (χ0n) is 19.4. The Hall–Kier alpha value is -1.98. The molecule has 1 aromatic rings. The largest absolute Gasteiger partial charge is 0.482 e. The summed E-state index contributed by atoms with van der Waals surface area (Å²) >= 11 is 2.15. The molecular formula is C25H33IN2O6. The van der Waals surface area contributed by atoms with E-state index in [0.29, 0.717) is 36.6 Å². The van der Waals surface area contributed by atoms with Gasteiger partial charge in [0.15, 0.2) is 0 Å². The standard InChI is InChI=1S/C25H33IN2O6/c1-16(30)5-4-8-23(31)28(15-17-9-10-17)20-13-18(25(33)27-11-12-29)14-22(24(20)32)34-21-7-3-2-6-19(21)26/h2-3,6-7,14,17,20,22,24,29,32H,4-5,8-13,15H2,1H3,(H,27,33)/t20-,22+,24+/m1/s1. The van der Waals surface area contributed by atoms with Crippen molar-refractivity contribution in [1.82, 2.24) is 10.2 Å². The Labute approximate surface area is 213 Å². The van der Waals surface area contributed by atoms with Crippen molar-refractivity contribution in [3.63, 3.8) is 0 Å². The van der Waals surface area contributed by atoms with E-state index in [2.05, 4.69) is 27.9 Å². The lowest BCUT2D eigenvalue weighted by Gasteiger charge is -2.40. The quantitative estimate of drug-likeness (QED) is 0.325. The Bertz CT molecular complexity index is 916. The predicted molar refractivity (Wildman–Crippen MR) is 135 cm³/mol. The third-order valence-electron chi connectivity index (χ3n) is 6.11. The average molecular weight is 584 g/mol. The van der Waals surface area contributed by atoms with E-state index in [4.69, 9.17) is 9.84 Å². The minimum Gasteiger partial charge on any atom is -0.482 e. The molecule has 9 heteroatoms. The third-order valence-corrected chi connectivity index (χ3v) is 7.00. The topological polar surface area (TPSA) is 116 Å². The molecule has 3 N–H and O–H groups in total. The second-order valence-electron chi connectivity index (χ2n) is 8.99. The first-order valence-electron chi connectivity index (χ1n) is 11.8. The second kappa shape index (κ2) is 12.6. The van der Waals surface area contributed by atoms with Crippen LogP contribution in [0.25, 0.3) is 0 Å². The first-order chi connectivity index (χ1) is 16.3. The lowest BCUT2D eigenvalue weighted by molar-refractivity contribution is -0.139. The number of nitrogens with zero attached hydrogens (tertiary/aromatic N) is 1. The fourth-order valence-corrected chi connectivity index (χ4v) is 4.61. The highest BCUT2D eigenvalue weighted by Crippen LogP contribution is 2.34. The van der Waals surface area contributed by atoms with E-state index in [1.807, 2.05) is 18.2 Å². The van der Waals surface area contributed by atoms with E-state index >= 15 is 0 Å². The molecule has 0 unspecified atom stereocenters. The van der Waals surface area contributed by atoms with Crippen LogP contribution in [0.4, 0.5) is 0 Å². The maximum absolute atomic E-state index is 13.2. The molecule has 8 nitrogen and oxygen atoms in total. The van der Waals surface area contributed by atoms with Crippen molar-refractivity contribution in [2.45, 2.75) is 63.7 Å². The zero-order valence-corrected chi connectivity index (χ0v) is 21.6. The number of benzene rings is 1. The van der Waals surface area contributed by atoms with E-state index in [9.17, 15) is 19.5 Å². The van der Waals surface area contributed by atoms with Crippen molar-refractivity contribution in [2.24, 2.45) is 5.92 Å². The number of halogens is 1. The number of carbonyl (C=O) groups excluding carboxylic acids is 3. The normalized spacial score (nSPS) is 22.0. The number of ether oxygens (including phenoxy) is 1. The molecule has 0 heterocycles. The van der Waals surface area contributed by atoms with Gasteiger partial charge in [-0.25, -0.2) is 0 Å². The van der Waals surface area contributed by atoms with Crippen LogP contribution in [-0.4, -0.2) is 70.7 Å². The molecule has 0 bridgehead atoms. The fraction of sp³-hybridized carbons (Fsp3) is 0.560. The van der Waals surface area contributed by atoms with Crippen LogP contribution in [0, 0.1) is 9.49 Å². The fourth-order valence-electron chi connectivity index (χ4n) is 4.10. The molecule has 0 saturated heterocycles. The Kier molecular flexibility index (Phi) is 9.90. The number of ketones is 1.